The van der Waals surface area contributed by atoms with Crippen LogP contribution in [-0.4, -0.2) is 39.8 Å². The third kappa shape index (κ3) is 3.28. The predicted octanol–water partition coefficient (Wildman–Crippen LogP) is 2.85. The van der Waals surface area contributed by atoms with Crippen LogP contribution in [0.1, 0.15) is 26.2 Å². The number of hydrogen-bond acceptors (Lipinski definition) is 6. The van der Waals surface area contributed by atoms with Gasteiger partial charge in [0.2, 0.25) is 0 Å². The van der Waals surface area contributed by atoms with Crippen LogP contribution in [0.3, 0.4) is 0 Å². The van der Waals surface area contributed by atoms with Gasteiger partial charge in [0.15, 0.2) is 15.3 Å². The van der Waals surface area contributed by atoms with E-state index in [1.54, 1.807) is 36.4 Å². The van der Waals surface area contributed by atoms with Crippen molar-refractivity contribution in [3.63, 3.8) is 0 Å². The van der Waals surface area contributed by atoms with Crippen LogP contribution in [0.2, 0.25) is 0 Å². The fourth-order valence-electron chi connectivity index (χ4n) is 4.22. The van der Waals surface area contributed by atoms with E-state index in [2.05, 4.69) is 0 Å². The lowest BCUT2D eigenvalue weighted by Gasteiger charge is -2.23. The quantitative estimate of drug-likeness (QED) is 0.436. The van der Waals surface area contributed by atoms with Gasteiger partial charge in [-0.05, 0) is 44.2 Å². The summed E-state index contributed by atoms with van der Waals surface area (Å²) in [5.74, 6) is -1.43. The molecule has 0 heterocycles. The fourth-order valence-corrected chi connectivity index (χ4v) is 5.87. The van der Waals surface area contributed by atoms with Crippen LogP contribution in [0.5, 0.6) is 0 Å². The molecule has 0 N–H and O–H groups in total. The van der Waals surface area contributed by atoms with Crippen LogP contribution in [0.4, 0.5) is 0 Å². The van der Waals surface area contributed by atoms with Crippen LogP contribution >= 0.6 is 0 Å². The van der Waals surface area contributed by atoms with E-state index in [9.17, 15) is 18.0 Å². The normalized spacial score (nSPS) is 23.7. The minimum atomic E-state index is -3.52. The maximum atomic E-state index is 13.0. The van der Waals surface area contributed by atoms with E-state index in [4.69, 9.17) is 9.47 Å². The zero-order valence-corrected chi connectivity index (χ0v) is 17.0. The highest BCUT2D eigenvalue weighted by atomic mass is 32.2. The zero-order chi connectivity index (χ0) is 20.5. The number of ether oxygens (including phenoxy) is 2. The first-order valence-corrected chi connectivity index (χ1v) is 10.6. The topological polar surface area (TPSA) is 86.7 Å². The van der Waals surface area contributed by atoms with E-state index >= 15 is 0 Å². The summed E-state index contributed by atoms with van der Waals surface area (Å²) in [5, 5.41) is -0.682. The van der Waals surface area contributed by atoms with Crippen molar-refractivity contribution in [3.05, 3.63) is 53.6 Å². The van der Waals surface area contributed by atoms with Gasteiger partial charge in [-0.25, -0.2) is 8.42 Å². The number of rotatable bonds is 4. The molecule has 0 aliphatic heterocycles. The Morgan fingerprint density at radius 1 is 1.04 bits per heavy atom. The lowest BCUT2D eigenvalue weighted by Crippen LogP contribution is -2.39. The van der Waals surface area contributed by atoms with E-state index in [0.717, 1.165) is 11.1 Å². The Balaban J connectivity index is 1.96. The molecule has 1 aromatic carbocycles. The number of sulfone groups is 1. The van der Waals surface area contributed by atoms with Crippen molar-refractivity contribution in [2.24, 2.45) is 11.3 Å². The third-order valence-corrected chi connectivity index (χ3v) is 7.79. The number of carbonyl (C=O) groups is 2. The first-order chi connectivity index (χ1) is 13.3. The molecule has 0 bridgehead atoms. The molecule has 1 aromatic rings. The molecular weight excluding hydrogens is 380 g/mol. The average molecular weight is 404 g/mol. The molecule has 0 radical (unpaired) electrons. The molecule has 1 saturated carbocycles. The maximum absolute atomic E-state index is 13.0. The van der Waals surface area contributed by atoms with Crippen molar-refractivity contribution < 1.29 is 27.5 Å². The minimum Gasteiger partial charge on any atom is -0.468 e. The van der Waals surface area contributed by atoms with Gasteiger partial charge in [-0.1, -0.05) is 41.5 Å². The van der Waals surface area contributed by atoms with Crippen molar-refractivity contribution in [1.82, 2.24) is 0 Å². The van der Waals surface area contributed by atoms with Gasteiger partial charge in [0.25, 0.3) is 0 Å². The molecule has 2 aliphatic carbocycles. The second-order valence-electron chi connectivity index (χ2n) is 7.34. The second-order valence-corrected chi connectivity index (χ2v) is 9.51. The van der Waals surface area contributed by atoms with Crippen molar-refractivity contribution >= 4 is 21.8 Å². The third-order valence-electron chi connectivity index (χ3n) is 5.74. The number of allylic oxidation sites excluding steroid dienone is 3. The van der Waals surface area contributed by atoms with Crippen molar-refractivity contribution in [2.75, 3.05) is 14.2 Å². The maximum Gasteiger partial charge on any atom is 0.323 e. The van der Waals surface area contributed by atoms with E-state index in [1.807, 2.05) is 13.0 Å². The average Bonchev–Trinajstić information content (AvgIpc) is 3.04. The molecule has 0 aromatic heterocycles. The lowest BCUT2D eigenvalue weighted by atomic mass is 9.84. The Morgan fingerprint density at radius 2 is 1.64 bits per heavy atom. The van der Waals surface area contributed by atoms with Gasteiger partial charge < -0.3 is 9.47 Å². The monoisotopic (exact) mass is 404 g/mol. The first-order valence-electron chi connectivity index (χ1n) is 9.09. The van der Waals surface area contributed by atoms with E-state index in [1.165, 1.54) is 14.2 Å². The van der Waals surface area contributed by atoms with Crippen molar-refractivity contribution in [3.8, 4) is 0 Å². The molecule has 1 fully saturated rings. The van der Waals surface area contributed by atoms with Crippen LogP contribution < -0.4 is 0 Å². The summed E-state index contributed by atoms with van der Waals surface area (Å²) in [6.07, 6.45) is 4.22. The summed E-state index contributed by atoms with van der Waals surface area (Å²) in [6, 6.07) is 8.37. The molecular formula is C21H24O6S. The highest BCUT2D eigenvalue weighted by Gasteiger charge is 2.55. The van der Waals surface area contributed by atoms with E-state index < -0.39 is 32.4 Å². The highest BCUT2D eigenvalue weighted by Crippen LogP contribution is 2.50. The fraction of sp³-hybridized carbons (Fsp3) is 0.429. The van der Waals surface area contributed by atoms with Gasteiger partial charge >= 0.3 is 11.9 Å². The molecule has 2 aliphatic rings. The Bertz CT molecular complexity index is 926. The number of methoxy groups -OCH3 is 2. The number of fused-ring (bicyclic) bond motifs is 1. The first kappa shape index (κ1) is 20.3. The summed E-state index contributed by atoms with van der Waals surface area (Å²) < 4.78 is 35.8. The number of hydrogen-bond donors (Lipinski definition) is 0. The summed E-state index contributed by atoms with van der Waals surface area (Å²) in [4.78, 5) is 25.1. The summed E-state index contributed by atoms with van der Waals surface area (Å²) in [6.45, 7) is 1.87. The Labute approximate surface area is 165 Å². The van der Waals surface area contributed by atoms with Crippen LogP contribution in [-0.2, 0) is 28.9 Å². The van der Waals surface area contributed by atoms with Crippen LogP contribution in [0, 0.1) is 11.3 Å². The van der Waals surface area contributed by atoms with Crippen molar-refractivity contribution in [2.45, 2.75) is 36.3 Å². The molecule has 28 heavy (non-hydrogen) atoms. The van der Waals surface area contributed by atoms with E-state index in [0.29, 0.717) is 6.42 Å². The molecule has 6 nitrogen and oxygen atoms in total. The number of benzene rings is 1. The number of carbonyl (C=O) groups excluding carboxylic acids is 2. The second kappa shape index (κ2) is 7.54. The zero-order valence-electron chi connectivity index (χ0n) is 16.2. The Morgan fingerprint density at radius 3 is 2.21 bits per heavy atom. The summed E-state index contributed by atoms with van der Waals surface area (Å²) in [7, 11) is -1.02. The molecule has 7 heteroatoms. The summed E-state index contributed by atoms with van der Waals surface area (Å²) in [5.41, 5.74) is 0.423. The SMILES string of the molecule is COC(=O)C1(C(=O)OC)CC2=C(C)C[C@H](S(=O)(=O)c3ccccc3)C=C[C@H]2C1. The largest absolute Gasteiger partial charge is 0.468 e. The minimum absolute atomic E-state index is 0.186. The molecule has 0 unspecified atom stereocenters. The molecule has 2 atom stereocenters. The standard InChI is InChI=1S/C21H24O6S/c1-14-11-17(28(24,25)16-7-5-4-6-8-16)10-9-15-12-21(13-18(14)15,19(22)26-2)20(23)27-3/h4-10,15,17H,11-13H2,1-3H3/t15-,17+/m0/s1. The smallest absolute Gasteiger partial charge is 0.323 e. The Kier molecular flexibility index (Phi) is 5.48. The van der Waals surface area contributed by atoms with E-state index in [-0.39, 0.29) is 23.7 Å². The van der Waals surface area contributed by atoms with Crippen LogP contribution in [0.25, 0.3) is 0 Å². The van der Waals surface area contributed by atoms with Gasteiger partial charge in [0, 0.05) is 0 Å². The van der Waals surface area contributed by atoms with Gasteiger partial charge in [-0.2, -0.15) is 0 Å². The highest BCUT2D eigenvalue weighted by molar-refractivity contribution is 7.92. The van der Waals surface area contributed by atoms with Gasteiger partial charge in [-0.15, -0.1) is 0 Å². The van der Waals surface area contributed by atoms with Crippen LogP contribution in [0.15, 0.2) is 58.5 Å². The molecule has 0 amide bonds. The van der Waals surface area contributed by atoms with Gasteiger partial charge in [0.1, 0.15) is 0 Å². The van der Waals surface area contributed by atoms with Gasteiger partial charge in [-0.3, -0.25) is 9.59 Å². The number of esters is 2. The molecule has 0 spiro atoms. The molecule has 0 saturated heterocycles. The lowest BCUT2D eigenvalue weighted by molar-refractivity contribution is -0.168. The summed E-state index contributed by atoms with van der Waals surface area (Å²) >= 11 is 0. The molecule has 3 rings (SSSR count). The Hall–Kier alpha value is -2.41. The predicted molar refractivity (Wildman–Crippen MR) is 103 cm³/mol. The molecule has 150 valence electrons. The van der Waals surface area contributed by atoms with Gasteiger partial charge in [0.05, 0.1) is 24.4 Å². The van der Waals surface area contributed by atoms with Crippen molar-refractivity contribution in [1.29, 1.82) is 0 Å².